The number of hydrogen-bond donors (Lipinski definition) is 4. The number of unbranched alkanes of at least 4 members (excludes halogenated alkanes) is 8. The Bertz CT molecular complexity index is 2130. The van der Waals surface area contributed by atoms with Crippen molar-refractivity contribution < 1.29 is 19.2 Å². The largest absolute Gasteiger partial charge is 0.350 e. The second-order valence-corrected chi connectivity index (χ2v) is 24.7. The van der Waals surface area contributed by atoms with Crippen molar-refractivity contribution in [2.45, 2.75) is 180 Å². The first kappa shape index (κ1) is 58.6. The highest BCUT2D eigenvalue weighted by Crippen LogP contribution is 2.62. The molecule has 4 N–H and O–H groups in total. The van der Waals surface area contributed by atoms with Gasteiger partial charge in [-0.15, -0.1) is 0 Å². The van der Waals surface area contributed by atoms with Crippen LogP contribution in [-0.4, -0.2) is 23.6 Å². The molecule has 0 spiro atoms. The number of carbonyl (C=O) groups is 4. The summed E-state index contributed by atoms with van der Waals surface area (Å²) in [6, 6.07) is 40.5. The minimum Gasteiger partial charge on any atom is -0.350 e. The summed E-state index contributed by atoms with van der Waals surface area (Å²) >= 11 is 7.85. The summed E-state index contributed by atoms with van der Waals surface area (Å²) in [5, 5.41) is 12.7. The smallest absolute Gasteiger partial charge is 0.220 e. The lowest BCUT2D eigenvalue weighted by Gasteiger charge is -2.14. The Morgan fingerprint density at radius 3 is 0.716 bits per heavy atom. The first-order valence-electron chi connectivity index (χ1n) is 27.3. The van der Waals surface area contributed by atoms with E-state index in [4.69, 9.17) is 0 Å². The number of carbonyl (C=O) groups excluding carboxylic acids is 4. The zero-order chi connectivity index (χ0) is 52.3. The zero-order valence-corrected chi connectivity index (χ0v) is 47.5. The standard InChI is InChI=1S/C62H80N4O4S4/c1-45(49-29-13-5-14-30-49)63-57(67)41-25-9-21-37-53-54(38-22-10-26-42-58(68)64-46(2)50-31-15-6-16-32-50)72-61(71-53)62-73-55(39-23-11-27-43-59(69)65-47(3)51-33-17-7-18-34-51)56(74-62)40-24-12-28-44-60(70)66-48(4)52-35-19-8-20-36-52/h5-8,13-20,29-36,45-48H,9-12,21-28,37-44H2,1-4H3,(H,63,67)(H,64,68)(H,65,69)(H,66,70)/t45-,46-,47-,48-/m0/s1. The molecule has 2 aliphatic rings. The maximum atomic E-state index is 12.9. The molecule has 2 heterocycles. The highest BCUT2D eigenvalue weighted by atomic mass is 32.2. The number of benzene rings is 4. The second-order valence-electron chi connectivity index (χ2n) is 19.7. The molecule has 0 fully saturated rings. The zero-order valence-electron chi connectivity index (χ0n) is 44.3. The van der Waals surface area contributed by atoms with E-state index in [0.717, 1.165) is 125 Å². The van der Waals surface area contributed by atoms with Crippen LogP contribution in [0.5, 0.6) is 0 Å². The molecule has 74 heavy (non-hydrogen) atoms. The van der Waals surface area contributed by atoms with Crippen LogP contribution in [0, 0.1) is 0 Å². The number of allylic oxidation sites excluding steroid dienone is 4. The number of amides is 4. The SMILES string of the molecule is C[C@H](NC(=O)CCCCCC1=C(CCCCCC(=O)N[C@@H](C)c2ccccc2)SC(=C2SC(CCCCCC(=O)N[C@@H](C)c3ccccc3)=C(CCCCCC(=O)N[C@@H](C)c3ccccc3)S2)S1)c1ccccc1. The summed E-state index contributed by atoms with van der Waals surface area (Å²) in [5.41, 5.74) is 4.47. The van der Waals surface area contributed by atoms with Gasteiger partial charge in [-0.05, 0) is 127 Å². The molecule has 396 valence electrons. The number of nitrogens with one attached hydrogen (secondary N) is 4. The van der Waals surface area contributed by atoms with Gasteiger partial charge >= 0.3 is 0 Å². The predicted molar refractivity (Wildman–Crippen MR) is 316 cm³/mol. The normalized spacial score (nSPS) is 15.2. The molecule has 4 aromatic carbocycles. The maximum absolute atomic E-state index is 12.9. The summed E-state index contributed by atoms with van der Waals surface area (Å²) < 4.78 is 2.77. The first-order valence-corrected chi connectivity index (χ1v) is 30.6. The highest BCUT2D eigenvalue weighted by Gasteiger charge is 2.29. The third-order valence-electron chi connectivity index (χ3n) is 13.6. The average Bonchev–Trinajstić information content (AvgIpc) is 4.02. The monoisotopic (exact) mass is 1070 g/mol. The lowest BCUT2D eigenvalue weighted by molar-refractivity contribution is -0.122. The fourth-order valence-electron chi connectivity index (χ4n) is 9.19. The Labute approximate surface area is 460 Å². The van der Waals surface area contributed by atoms with Gasteiger partial charge in [0.1, 0.15) is 0 Å². The van der Waals surface area contributed by atoms with Crippen LogP contribution in [-0.2, 0) is 19.2 Å². The van der Waals surface area contributed by atoms with Crippen LogP contribution < -0.4 is 21.3 Å². The van der Waals surface area contributed by atoms with Crippen LogP contribution in [0.25, 0.3) is 0 Å². The van der Waals surface area contributed by atoms with E-state index in [9.17, 15) is 19.2 Å². The van der Waals surface area contributed by atoms with Crippen molar-refractivity contribution in [2.24, 2.45) is 0 Å². The fraction of sp³-hybridized carbons (Fsp3) is 0.452. The molecule has 4 aromatic rings. The average molecular weight is 1070 g/mol. The van der Waals surface area contributed by atoms with Gasteiger partial charge in [-0.25, -0.2) is 0 Å². The summed E-state index contributed by atoms with van der Waals surface area (Å²) in [4.78, 5) is 57.4. The van der Waals surface area contributed by atoms with Gasteiger partial charge < -0.3 is 21.3 Å². The van der Waals surface area contributed by atoms with Gasteiger partial charge in [0.2, 0.25) is 23.6 Å². The lowest BCUT2D eigenvalue weighted by Crippen LogP contribution is -2.26. The minimum atomic E-state index is -0.0101. The number of rotatable bonds is 32. The summed E-state index contributed by atoms with van der Waals surface area (Å²) in [6.45, 7) is 8.17. The number of thioether (sulfide) groups is 4. The van der Waals surface area contributed by atoms with Crippen LogP contribution in [0.3, 0.4) is 0 Å². The molecule has 8 nitrogen and oxygen atoms in total. The Balaban J connectivity index is 1.03. The molecule has 2 aliphatic heterocycles. The first-order chi connectivity index (χ1) is 36.0. The van der Waals surface area contributed by atoms with Crippen LogP contribution in [0.15, 0.2) is 149 Å². The number of hydrogen-bond acceptors (Lipinski definition) is 8. The third-order valence-corrected chi connectivity index (χ3v) is 19.7. The van der Waals surface area contributed by atoms with Crippen molar-refractivity contribution in [1.29, 1.82) is 0 Å². The van der Waals surface area contributed by atoms with Gasteiger partial charge in [-0.2, -0.15) is 0 Å². The maximum Gasteiger partial charge on any atom is 0.220 e. The van der Waals surface area contributed by atoms with Crippen molar-refractivity contribution in [2.75, 3.05) is 0 Å². The fourth-order valence-corrected chi connectivity index (χ4v) is 15.3. The van der Waals surface area contributed by atoms with Gasteiger partial charge in [-0.3, -0.25) is 19.2 Å². The molecule has 4 atom stereocenters. The minimum absolute atomic E-state index is 0.0101. The van der Waals surface area contributed by atoms with Gasteiger partial charge in [-0.1, -0.05) is 194 Å². The lowest BCUT2D eigenvalue weighted by atomic mass is 10.1. The van der Waals surface area contributed by atoms with E-state index in [1.54, 1.807) is 0 Å². The topological polar surface area (TPSA) is 116 Å². The molecule has 6 rings (SSSR count). The Kier molecular flexibility index (Phi) is 25.9. The molecule has 0 saturated carbocycles. The molecule has 0 unspecified atom stereocenters. The molecule has 4 amide bonds. The Hall–Kier alpha value is -4.62. The van der Waals surface area contributed by atoms with Gasteiger partial charge in [0.05, 0.1) is 32.6 Å². The molecule has 0 aromatic heterocycles. The van der Waals surface area contributed by atoms with E-state index < -0.39 is 0 Å². The van der Waals surface area contributed by atoms with Crippen molar-refractivity contribution in [3.63, 3.8) is 0 Å². The highest BCUT2D eigenvalue weighted by molar-refractivity contribution is 8.34. The molecule has 0 bridgehead atoms. The molecule has 0 saturated heterocycles. The van der Waals surface area contributed by atoms with Crippen molar-refractivity contribution >= 4 is 70.7 Å². The van der Waals surface area contributed by atoms with Gasteiger partial charge in [0.25, 0.3) is 0 Å². The van der Waals surface area contributed by atoms with Crippen molar-refractivity contribution in [1.82, 2.24) is 21.3 Å². The summed E-state index contributed by atoms with van der Waals surface area (Å²) in [5.74, 6) is 0.424. The van der Waals surface area contributed by atoms with Gasteiger partial charge in [0, 0.05) is 45.3 Å². The molecular formula is C62H80N4O4S4. The van der Waals surface area contributed by atoms with E-state index in [0.29, 0.717) is 25.7 Å². The van der Waals surface area contributed by atoms with E-state index in [2.05, 4.69) is 69.8 Å². The van der Waals surface area contributed by atoms with E-state index in [1.807, 2.05) is 148 Å². The van der Waals surface area contributed by atoms with E-state index >= 15 is 0 Å². The van der Waals surface area contributed by atoms with Crippen LogP contribution in [0.1, 0.15) is 203 Å². The Morgan fingerprint density at radius 1 is 0.311 bits per heavy atom. The quantitative estimate of drug-likeness (QED) is 0.0358. The van der Waals surface area contributed by atoms with E-state index in [-0.39, 0.29) is 47.8 Å². The van der Waals surface area contributed by atoms with Crippen molar-refractivity contribution in [3.8, 4) is 0 Å². The van der Waals surface area contributed by atoms with Gasteiger partial charge in [0.15, 0.2) is 0 Å². The van der Waals surface area contributed by atoms with E-state index in [1.165, 1.54) is 28.1 Å². The summed E-state index contributed by atoms with van der Waals surface area (Å²) in [7, 11) is 0. The van der Waals surface area contributed by atoms with Crippen molar-refractivity contribution in [3.05, 3.63) is 172 Å². The Morgan fingerprint density at radius 2 is 0.514 bits per heavy atom. The second kappa shape index (κ2) is 32.7. The van der Waals surface area contributed by atoms with Crippen LogP contribution >= 0.6 is 47.0 Å². The van der Waals surface area contributed by atoms with Crippen LogP contribution in [0.4, 0.5) is 0 Å². The molecular weight excluding hydrogens is 993 g/mol. The van der Waals surface area contributed by atoms with Crippen LogP contribution in [0.2, 0.25) is 0 Å². The molecule has 0 radical (unpaired) electrons. The summed E-state index contributed by atoms with van der Waals surface area (Å²) in [6.07, 6.45) is 17.8. The third kappa shape index (κ3) is 20.8. The molecule has 12 heteroatoms. The predicted octanol–water partition coefficient (Wildman–Crippen LogP) is 16.8. The molecule has 0 aliphatic carbocycles.